The van der Waals surface area contributed by atoms with Gasteiger partial charge in [-0.2, -0.15) is 5.10 Å². The van der Waals surface area contributed by atoms with Crippen molar-refractivity contribution < 1.29 is 9.18 Å². The number of aldehydes is 1. The number of carbonyl (C=O) groups is 1. The molecular weight excluding hydrogens is 257 g/mol. The fraction of sp³-hybridized carbons (Fsp3) is 0. The van der Waals surface area contributed by atoms with Crippen LogP contribution in [0.25, 0.3) is 17.1 Å². The molecule has 0 aliphatic rings. The highest BCUT2D eigenvalue weighted by atomic mass is 19.1. The quantitative estimate of drug-likeness (QED) is 0.685. The van der Waals surface area contributed by atoms with Crippen molar-refractivity contribution in [3.05, 3.63) is 66.2 Å². The van der Waals surface area contributed by atoms with Crippen LogP contribution in [0.2, 0.25) is 0 Å². The molecule has 1 aromatic carbocycles. The van der Waals surface area contributed by atoms with Crippen molar-refractivity contribution in [1.29, 1.82) is 0 Å². The second-order valence-corrected chi connectivity index (χ2v) is 4.19. The fourth-order valence-electron chi connectivity index (χ4n) is 1.94. The summed E-state index contributed by atoms with van der Waals surface area (Å²) in [5, 5.41) is 4.32. The minimum atomic E-state index is -0.369. The number of aromatic nitrogens is 3. The molecule has 0 saturated carbocycles. The first kappa shape index (κ1) is 12.2. The molecule has 2 heterocycles. The maximum Gasteiger partial charge on any atom is 0.153 e. The highest BCUT2D eigenvalue weighted by molar-refractivity contribution is 5.85. The summed E-state index contributed by atoms with van der Waals surface area (Å²) in [6, 6.07) is 11.4. The summed E-state index contributed by atoms with van der Waals surface area (Å²) in [5.74, 6) is 0.227. The SMILES string of the molecule is O=Cc1cn(-c2ccccn2)nc1-c1cccc(F)c1. The molecule has 0 bridgehead atoms. The van der Waals surface area contributed by atoms with Crippen LogP contribution in [-0.2, 0) is 0 Å². The molecule has 0 atom stereocenters. The van der Waals surface area contributed by atoms with Crippen LogP contribution in [0, 0.1) is 5.82 Å². The zero-order valence-electron chi connectivity index (χ0n) is 10.4. The Labute approximate surface area is 114 Å². The smallest absolute Gasteiger partial charge is 0.153 e. The van der Waals surface area contributed by atoms with Gasteiger partial charge in [0.2, 0.25) is 0 Å². The van der Waals surface area contributed by atoms with Gasteiger partial charge in [0.15, 0.2) is 12.1 Å². The van der Waals surface area contributed by atoms with Crippen LogP contribution < -0.4 is 0 Å². The van der Waals surface area contributed by atoms with E-state index in [-0.39, 0.29) is 5.82 Å². The van der Waals surface area contributed by atoms with Crippen LogP contribution in [-0.4, -0.2) is 21.1 Å². The van der Waals surface area contributed by atoms with E-state index < -0.39 is 0 Å². The van der Waals surface area contributed by atoms with Crippen LogP contribution in [0.5, 0.6) is 0 Å². The van der Waals surface area contributed by atoms with Crippen LogP contribution in [0.3, 0.4) is 0 Å². The van der Waals surface area contributed by atoms with E-state index in [1.165, 1.54) is 16.8 Å². The predicted octanol–water partition coefficient (Wildman–Crippen LogP) is 2.89. The first-order chi connectivity index (χ1) is 9.78. The molecule has 0 amide bonds. The number of nitrogens with zero attached hydrogens (tertiary/aromatic N) is 3. The maximum atomic E-state index is 13.3. The number of hydrogen-bond acceptors (Lipinski definition) is 3. The molecule has 20 heavy (non-hydrogen) atoms. The van der Waals surface area contributed by atoms with Crippen molar-refractivity contribution in [2.45, 2.75) is 0 Å². The number of halogens is 1. The van der Waals surface area contributed by atoms with E-state index in [1.807, 2.05) is 6.07 Å². The molecule has 0 aliphatic heterocycles. The van der Waals surface area contributed by atoms with Gasteiger partial charge in [0.25, 0.3) is 0 Å². The van der Waals surface area contributed by atoms with Gasteiger partial charge in [0.05, 0.1) is 5.56 Å². The van der Waals surface area contributed by atoms with Gasteiger partial charge in [-0.1, -0.05) is 18.2 Å². The van der Waals surface area contributed by atoms with Gasteiger partial charge in [0.1, 0.15) is 11.5 Å². The van der Waals surface area contributed by atoms with Crippen molar-refractivity contribution in [3.8, 4) is 17.1 Å². The molecular formula is C15H10FN3O. The Hall–Kier alpha value is -2.82. The van der Waals surface area contributed by atoms with Crippen LogP contribution in [0.1, 0.15) is 10.4 Å². The highest BCUT2D eigenvalue weighted by Gasteiger charge is 2.12. The van der Waals surface area contributed by atoms with Gasteiger partial charge in [-0.3, -0.25) is 4.79 Å². The molecule has 3 aromatic rings. The number of benzene rings is 1. The van der Waals surface area contributed by atoms with Crippen molar-refractivity contribution in [3.63, 3.8) is 0 Å². The highest BCUT2D eigenvalue weighted by Crippen LogP contribution is 2.22. The van der Waals surface area contributed by atoms with Gasteiger partial charge in [0, 0.05) is 18.0 Å². The van der Waals surface area contributed by atoms with E-state index in [2.05, 4.69) is 10.1 Å². The first-order valence-electron chi connectivity index (χ1n) is 6.00. The lowest BCUT2D eigenvalue weighted by molar-refractivity contribution is 0.112. The maximum absolute atomic E-state index is 13.3. The van der Waals surface area contributed by atoms with Crippen LogP contribution >= 0.6 is 0 Å². The lowest BCUT2D eigenvalue weighted by Gasteiger charge is -1.99. The molecule has 2 aromatic heterocycles. The lowest BCUT2D eigenvalue weighted by Crippen LogP contribution is -1.97. The number of pyridine rings is 1. The summed E-state index contributed by atoms with van der Waals surface area (Å²) in [6.45, 7) is 0. The minimum absolute atomic E-state index is 0.369. The first-order valence-corrected chi connectivity index (χ1v) is 6.00. The zero-order chi connectivity index (χ0) is 13.9. The Morgan fingerprint density at radius 3 is 2.75 bits per heavy atom. The molecule has 0 saturated heterocycles. The van der Waals surface area contributed by atoms with Crippen LogP contribution in [0.15, 0.2) is 54.9 Å². The molecule has 3 rings (SSSR count). The average molecular weight is 267 g/mol. The molecule has 0 spiro atoms. The van der Waals surface area contributed by atoms with Gasteiger partial charge in [-0.15, -0.1) is 0 Å². The van der Waals surface area contributed by atoms with Crippen molar-refractivity contribution in [1.82, 2.24) is 14.8 Å². The average Bonchev–Trinajstić information content (AvgIpc) is 2.92. The fourth-order valence-corrected chi connectivity index (χ4v) is 1.94. The molecule has 5 heteroatoms. The molecule has 0 fully saturated rings. The van der Waals surface area contributed by atoms with Gasteiger partial charge >= 0.3 is 0 Å². The normalized spacial score (nSPS) is 10.4. The summed E-state index contributed by atoms with van der Waals surface area (Å²) >= 11 is 0. The number of hydrogen-bond donors (Lipinski definition) is 0. The van der Waals surface area contributed by atoms with E-state index in [1.54, 1.807) is 36.7 Å². The molecule has 0 radical (unpaired) electrons. The minimum Gasteiger partial charge on any atom is -0.298 e. The van der Waals surface area contributed by atoms with Crippen LogP contribution in [0.4, 0.5) is 4.39 Å². The third kappa shape index (κ3) is 2.21. The van der Waals surface area contributed by atoms with E-state index in [9.17, 15) is 9.18 Å². The van der Waals surface area contributed by atoms with E-state index >= 15 is 0 Å². The van der Waals surface area contributed by atoms with Gasteiger partial charge < -0.3 is 0 Å². The van der Waals surface area contributed by atoms with Crippen molar-refractivity contribution in [2.75, 3.05) is 0 Å². The summed E-state index contributed by atoms with van der Waals surface area (Å²) in [7, 11) is 0. The topological polar surface area (TPSA) is 47.8 Å². The monoisotopic (exact) mass is 267 g/mol. The Balaban J connectivity index is 2.13. The van der Waals surface area contributed by atoms with Gasteiger partial charge in [-0.25, -0.2) is 14.1 Å². The molecule has 0 aliphatic carbocycles. The third-order valence-corrected chi connectivity index (χ3v) is 2.85. The predicted molar refractivity (Wildman–Crippen MR) is 72.1 cm³/mol. The Morgan fingerprint density at radius 1 is 1.15 bits per heavy atom. The van der Waals surface area contributed by atoms with E-state index in [0.717, 1.165) is 0 Å². The van der Waals surface area contributed by atoms with Gasteiger partial charge in [-0.05, 0) is 24.3 Å². The van der Waals surface area contributed by atoms with Crippen molar-refractivity contribution >= 4 is 6.29 Å². The summed E-state index contributed by atoms with van der Waals surface area (Å²) < 4.78 is 14.8. The second-order valence-electron chi connectivity index (χ2n) is 4.19. The lowest BCUT2D eigenvalue weighted by atomic mass is 10.1. The summed E-state index contributed by atoms with van der Waals surface area (Å²) in [4.78, 5) is 15.3. The van der Waals surface area contributed by atoms with Crippen molar-refractivity contribution in [2.24, 2.45) is 0 Å². The van der Waals surface area contributed by atoms with E-state index in [4.69, 9.17) is 0 Å². The molecule has 4 nitrogen and oxygen atoms in total. The molecule has 0 unspecified atom stereocenters. The molecule has 0 N–H and O–H groups in total. The second kappa shape index (κ2) is 5.05. The Kier molecular flexibility index (Phi) is 3.09. The Morgan fingerprint density at radius 2 is 2.05 bits per heavy atom. The number of carbonyl (C=O) groups excluding carboxylic acids is 1. The zero-order valence-corrected chi connectivity index (χ0v) is 10.4. The third-order valence-electron chi connectivity index (χ3n) is 2.85. The largest absolute Gasteiger partial charge is 0.298 e. The number of rotatable bonds is 3. The molecule has 98 valence electrons. The summed E-state index contributed by atoms with van der Waals surface area (Å²) in [6.07, 6.45) is 3.92. The van der Waals surface area contributed by atoms with E-state index in [0.29, 0.717) is 28.9 Å². The summed E-state index contributed by atoms with van der Waals surface area (Å²) in [5.41, 5.74) is 1.38. The standard InChI is InChI=1S/C15H10FN3O/c16-13-5-3-4-11(8-13)15-12(10-20)9-19(18-15)14-6-1-2-7-17-14/h1-10H. The Bertz CT molecular complexity index is 753.